The molecule has 0 aromatic heterocycles. The summed E-state index contributed by atoms with van der Waals surface area (Å²) in [7, 11) is 0. The fourth-order valence-electron chi connectivity index (χ4n) is 1.90. The van der Waals surface area contributed by atoms with Crippen LogP contribution in [-0.4, -0.2) is 17.0 Å². The summed E-state index contributed by atoms with van der Waals surface area (Å²) in [5, 5.41) is 14.3. The maximum Gasteiger partial charge on any atom is 0.228 e. The van der Waals surface area contributed by atoms with E-state index in [2.05, 4.69) is 10.5 Å². The van der Waals surface area contributed by atoms with Crippen molar-refractivity contribution < 1.29 is 14.4 Å². The first-order valence-corrected chi connectivity index (χ1v) is 6.21. The van der Waals surface area contributed by atoms with Gasteiger partial charge in [0.2, 0.25) is 5.91 Å². The zero-order valence-electron chi connectivity index (χ0n) is 11.1. The quantitative estimate of drug-likeness (QED) is 0.348. The van der Waals surface area contributed by atoms with Gasteiger partial charge in [-0.05, 0) is 29.8 Å². The molecule has 2 rings (SSSR count). The van der Waals surface area contributed by atoms with Crippen LogP contribution in [0, 0.1) is 5.82 Å². The van der Waals surface area contributed by atoms with Gasteiger partial charge in [0, 0.05) is 5.56 Å². The van der Waals surface area contributed by atoms with Crippen molar-refractivity contribution >= 4 is 17.4 Å². The predicted molar refractivity (Wildman–Crippen MR) is 77.7 cm³/mol. The predicted octanol–water partition coefficient (Wildman–Crippen LogP) is 2.10. The third-order valence-corrected chi connectivity index (χ3v) is 2.84. The number of amidine groups is 1. The number of nitrogens with zero attached hydrogens (tertiary/aromatic N) is 1. The fourth-order valence-corrected chi connectivity index (χ4v) is 1.90. The van der Waals surface area contributed by atoms with Crippen molar-refractivity contribution in [2.24, 2.45) is 10.9 Å². The van der Waals surface area contributed by atoms with Crippen LogP contribution in [0.2, 0.25) is 0 Å². The lowest BCUT2D eigenvalue weighted by Crippen LogP contribution is -2.20. The number of nitrogens with one attached hydrogen (secondary N) is 1. The standard InChI is InChI=1S/C15H14FN3O2/c16-11-5-3-4-10(8-11)9-14(20)18-13-7-2-1-6-12(13)15(17)19-21/h1-8,21H,9H2,(H2,17,19)(H,18,20). The zero-order chi connectivity index (χ0) is 15.2. The van der Waals surface area contributed by atoms with Gasteiger partial charge in [-0.1, -0.05) is 29.4 Å². The van der Waals surface area contributed by atoms with Gasteiger partial charge >= 0.3 is 0 Å². The minimum absolute atomic E-state index is 0.0300. The Morgan fingerprint density at radius 1 is 1.24 bits per heavy atom. The smallest absolute Gasteiger partial charge is 0.228 e. The van der Waals surface area contributed by atoms with Gasteiger partial charge in [-0.25, -0.2) is 4.39 Å². The fraction of sp³-hybridized carbons (Fsp3) is 0.0667. The summed E-state index contributed by atoms with van der Waals surface area (Å²) in [5.41, 5.74) is 6.94. The molecule has 0 bridgehead atoms. The monoisotopic (exact) mass is 287 g/mol. The maximum absolute atomic E-state index is 13.1. The minimum atomic E-state index is -0.391. The molecule has 0 fully saturated rings. The largest absolute Gasteiger partial charge is 0.409 e. The van der Waals surface area contributed by atoms with Gasteiger partial charge in [-0.3, -0.25) is 4.79 Å². The van der Waals surface area contributed by atoms with Crippen LogP contribution in [0.4, 0.5) is 10.1 Å². The second kappa shape index (κ2) is 6.51. The van der Waals surface area contributed by atoms with Crippen molar-refractivity contribution in [2.45, 2.75) is 6.42 Å². The molecular formula is C15H14FN3O2. The lowest BCUT2D eigenvalue weighted by Gasteiger charge is -2.10. The first kappa shape index (κ1) is 14.5. The summed E-state index contributed by atoms with van der Waals surface area (Å²) < 4.78 is 13.1. The van der Waals surface area contributed by atoms with E-state index in [4.69, 9.17) is 10.9 Å². The van der Waals surface area contributed by atoms with Gasteiger partial charge in [-0.2, -0.15) is 0 Å². The molecule has 0 atom stereocenters. The molecule has 0 radical (unpaired) electrons. The Hall–Kier alpha value is -2.89. The normalized spacial score (nSPS) is 11.2. The number of halogens is 1. The second-order valence-corrected chi connectivity index (χ2v) is 4.39. The van der Waals surface area contributed by atoms with Crippen LogP contribution in [0.3, 0.4) is 0 Å². The maximum atomic E-state index is 13.1. The highest BCUT2D eigenvalue weighted by Crippen LogP contribution is 2.15. The number of carbonyl (C=O) groups excluding carboxylic acids is 1. The first-order chi connectivity index (χ1) is 10.1. The number of nitrogens with two attached hydrogens (primary N) is 1. The second-order valence-electron chi connectivity index (χ2n) is 4.39. The van der Waals surface area contributed by atoms with Crippen molar-refractivity contribution in [3.05, 3.63) is 65.5 Å². The molecule has 0 saturated heterocycles. The van der Waals surface area contributed by atoms with E-state index in [1.165, 1.54) is 12.1 Å². The number of anilines is 1. The van der Waals surface area contributed by atoms with E-state index in [0.717, 1.165) is 0 Å². The van der Waals surface area contributed by atoms with Gasteiger partial charge in [0.15, 0.2) is 5.84 Å². The Balaban J connectivity index is 2.13. The summed E-state index contributed by atoms with van der Waals surface area (Å²) in [6, 6.07) is 12.5. The van der Waals surface area contributed by atoms with Crippen molar-refractivity contribution in [1.82, 2.24) is 0 Å². The first-order valence-electron chi connectivity index (χ1n) is 6.21. The van der Waals surface area contributed by atoms with Crippen LogP contribution < -0.4 is 11.1 Å². The highest BCUT2D eigenvalue weighted by atomic mass is 19.1. The number of carbonyl (C=O) groups is 1. The van der Waals surface area contributed by atoms with Crippen LogP contribution in [0.15, 0.2) is 53.7 Å². The summed E-state index contributed by atoms with van der Waals surface area (Å²) >= 11 is 0. The van der Waals surface area contributed by atoms with Crippen molar-refractivity contribution in [1.29, 1.82) is 0 Å². The van der Waals surface area contributed by atoms with Gasteiger partial charge < -0.3 is 16.3 Å². The summed E-state index contributed by atoms with van der Waals surface area (Å²) in [6.07, 6.45) is 0.0300. The molecule has 0 saturated carbocycles. The van der Waals surface area contributed by atoms with E-state index in [9.17, 15) is 9.18 Å². The van der Waals surface area contributed by atoms with Gasteiger partial charge in [-0.15, -0.1) is 0 Å². The van der Waals surface area contributed by atoms with E-state index in [-0.39, 0.29) is 18.2 Å². The van der Waals surface area contributed by atoms with E-state index < -0.39 is 5.82 Å². The van der Waals surface area contributed by atoms with Gasteiger partial charge in [0.05, 0.1) is 12.1 Å². The summed E-state index contributed by atoms with van der Waals surface area (Å²) in [5.74, 6) is -0.812. The summed E-state index contributed by atoms with van der Waals surface area (Å²) in [6.45, 7) is 0. The molecule has 21 heavy (non-hydrogen) atoms. The van der Waals surface area contributed by atoms with Crippen LogP contribution >= 0.6 is 0 Å². The third kappa shape index (κ3) is 3.79. The Labute approximate surface area is 120 Å². The van der Waals surface area contributed by atoms with E-state index in [0.29, 0.717) is 16.8 Å². The molecule has 0 spiro atoms. The van der Waals surface area contributed by atoms with Crippen molar-refractivity contribution in [3.8, 4) is 0 Å². The number of hydrogen-bond donors (Lipinski definition) is 3. The molecule has 0 aliphatic carbocycles. The molecule has 6 heteroatoms. The Bertz CT molecular complexity index is 686. The lowest BCUT2D eigenvalue weighted by molar-refractivity contribution is -0.115. The highest BCUT2D eigenvalue weighted by molar-refractivity contribution is 6.05. The van der Waals surface area contributed by atoms with Crippen LogP contribution in [0.25, 0.3) is 0 Å². The number of hydrogen-bond acceptors (Lipinski definition) is 3. The lowest BCUT2D eigenvalue weighted by atomic mass is 10.1. The molecular weight excluding hydrogens is 273 g/mol. The number of amides is 1. The minimum Gasteiger partial charge on any atom is -0.409 e. The van der Waals surface area contributed by atoms with Crippen molar-refractivity contribution in [3.63, 3.8) is 0 Å². The summed E-state index contributed by atoms with van der Waals surface area (Å²) in [4.78, 5) is 12.0. The molecule has 4 N–H and O–H groups in total. The van der Waals surface area contributed by atoms with E-state index >= 15 is 0 Å². The molecule has 0 aliphatic heterocycles. The van der Waals surface area contributed by atoms with Gasteiger partial charge in [0.1, 0.15) is 5.82 Å². The molecule has 0 heterocycles. The molecule has 108 valence electrons. The molecule has 5 nitrogen and oxygen atoms in total. The number of rotatable bonds is 4. The highest BCUT2D eigenvalue weighted by Gasteiger charge is 2.10. The van der Waals surface area contributed by atoms with Crippen LogP contribution in [-0.2, 0) is 11.2 Å². The van der Waals surface area contributed by atoms with Crippen LogP contribution in [0.5, 0.6) is 0 Å². The zero-order valence-corrected chi connectivity index (χ0v) is 11.1. The van der Waals surface area contributed by atoms with Crippen LogP contribution in [0.1, 0.15) is 11.1 Å². The third-order valence-electron chi connectivity index (χ3n) is 2.84. The Kier molecular flexibility index (Phi) is 4.50. The van der Waals surface area contributed by atoms with Gasteiger partial charge in [0.25, 0.3) is 0 Å². The number of para-hydroxylation sites is 1. The number of benzene rings is 2. The number of oxime groups is 1. The Morgan fingerprint density at radius 2 is 2.00 bits per heavy atom. The van der Waals surface area contributed by atoms with E-state index in [1.807, 2.05) is 0 Å². The van der Waals surface area contributed by atoms with E-state index in [1.54, 1.807) is 36.4 Å². The molecule has 2 aromatic rings. The molecule has 0 aliphatic rings. The Morgan fingerprint density at radius 3 is 2.71 bits per heavy atom. The average Bonchev–Trinajstić information content (AvgIpc) is 2.47. The average molecular weight is 287 g/mol. The molecule has 0 unspecified atom stereocenters. The molecule has 1 amide bonds. The topological polar surface area (TPSA) is 87.7 Å². The SMILES string of the molecule is N/C(=N/O)c1ccccc1NC(=O)Cc1cccc(F)c1. The molecule has 2 aromatic carbocycles. The van der Waals surface area contributed by atoms with Crippen molar-refractivity contribution in [2.75, 3.05) is 5.32 Å².